The Labute approximate surface area is 170 Å². The van der Waals surface area contributed by atoms with E-state index in [0.29, 0.717) is 30.4 Å². The molecule has 0 aromatic heterocycles. The number of carbonyl (C=O) groups excluding carboxylic acids is 2. The molecule has 150 valence electrons. The highest BCUT2D eigenvalue weighted by atomic mass is 35.5. The van der Waals surface area contributed by atoms with Gasteiger partial charge in [0.2, 0.25) is 11.8 Å². The lowest BCUT2D eigenvalue weighted by atomic mass is 10.1. The van der Waals surface area contributed by atoms with Crippen molar-refractivity contribution >= 4 is 40.5 Å². The van der Waals surface area contributed by atoms with E-state index in [0.717, 1.165) is 0 Å². The summed E-state index contributed by atoms with van der Waals surface area (Å²) in [5.74, 6) is -0.00226. The Hall–Kier alpha value is -3.33. The van der Waals surface area contributed by atoms with Crippen molar-refractivity contribution in [3.8, 4) is 11.5 Å². The van der Waals surface area contributed by atoms with Gasteiger partial charge in [0.15, 0.2) is 11.5 Å². The van der Waals surface area contributed by atoms with Gasteiger partial charge in [0.25, 0.3) is 5.69 Å². The number of benzene rings is 2. The van der Waals surface area contributed by atoms with Gasteiger partial charge in [0, 0.05) is 36.5 Å². The number of halogens is 1. The van der Waals surface area contributed by atoms with Crippen molar-refractivity contribution in [2.75, 3.05) is 30.0 Å². The molecular formula is C19H16ClN3O6. The molecule has 2 aromatic carbocycles. The van der Waals surface area contributed by atoms with E-state index >= 15 is 0 Å². The molecule has 1 unspecified atom stereocenters. The molecule has 2 aliphatic heterocycles. The number of anilines is 2. The predicted molar refractivity (Wildman–Crippen MR) is 105 cm³/mol. The third kappa shape index (κ3) is 3.81. The molecule has 9 nitrogen and oxygen atoms in total. The van der Waals surface area contributed by atoms with Crippen molar-refractivity contribution in [2.45, 2.75) is 6.42 Å². The minimum Gasteiger partial charge on any atom is -0.486 e. The summed E-state index contributed by atoms with van der Waals surface area (Å²) >= 11 is 5.79. The molecule has 2 aliphatic rings. The molecule has 1 fully saturated rings. The maximum absolute atomic E-state index is 12.6. The number of nitrogens with one attached hydrogen (secondary N) is 1. The summed E-state index contributed by atoms with van der Waals surface area (Å²) in [6.07, 6.45) is 0.0377. The summed E-state index contributed by atoms with van der Waals surface area (Å²) < 4.78 is 11.0. The minimum atomic E-state index is -0.624. The van der Waals surface area contributed by atoms with E-state index in [2.05, 4.69) is 5.32 Å². The van der Waals surface area contributed by atoms with Gasteiger partial charge in [-0.1, -0.05) is 11.6 Å². The molecule has 4 rings (SSSR count). The third-order valence-electron chi connectivity index (χ3n) is 4.74. The highest BCUT2D eigenvalue weighted by Crippen LogP contribution is 2.36. The zero-order valence-corrected chi connectivity index (χ0v) is 15.8. The number of amides is 2. The van der Waals surface area contributed by atoms with Crippen LogP contribution in [0.25, 0.3) is 0 Å². The fraction of sp³-hybridized carbons (Fsp3) is 0.263. The van der Waals surface area contributed by atoms with E-state index in [4.69, 9.17) is 21.1 Å². The first-order chi connectivity index (χ1) is 13.9. The molecular weight excluding hydrogens is 402 g/mol. The van der Waals surface area contributed by atoms with Crippen LogP contribution in [0.3, 0.4) is 0 Å². The van der Waals surface area contributed by atoms with E-state index in [1.165, 1.54) is 23.1 Å². The largest absolute Gasteiger partial charge is 0.486 e. The minimum absolute atomic E-state index is 0.0196. The van der Waals surface area contributed by atoms with Gasteiger partial charge in [-0.05, 0) is 24.3 Å². The molecule has 0 spiro atoms. The Bertz CT molecular complexity index is 1010. The van der Waals surface area contributed by atoms with Crippen LogP contribution < -0.4 is 19.7 Å². The lowest BCUT2D eigenvalue weighted by Gasteiger charge is -2.22. The van der Waals surface area contributed by atoms with Crippen LogP contribution in [0, 0.1) is 16.0 Å². The second-order valence-electron chi connectivity index (χ2n) is 6.65. The summed E-state index contributed by atoms with van der Waals surface area (Å²) in [5.41, 5.74) is 0.567. The molecule has 2 amide bonds. The smallest absolute Gasteiger partial charge is 0.289 e. The molecule has 29 heavy (non-hydrogen) atoms. The van der Waals surface area contributed by atoms with Crippen molar-refractivity contribution in [3.05, 3.63) is 51.5 Å². The number of nitrogens with zero attached hydrogens (tertiary/aromatic N) is 2. The van der Waals surface area contributed by atoms with Gasteiger partial charge >= 0.3 is 0 Å². The van der Waals surface area contributed by atoms with Crippen LogP contribution in [0.15, 0.2) is 36.4 Å². The fourth-order valence-electron chi connectivity index (χ4n) is 3.31. The van der Waals surface area contributed by atoms with Gasteiger partial charge in [0.1, 0.15) is 18.2 Å². The molecule has 0 saturated carbocycles. The first kappa shape index (κ1) is 19.0. The lowest BCUT2D eigenvalue weighted by molar-refractivity contribution is -0.384. The van der Waals surface area contributed by atoms with Gasteiger partial charge in [-0.25, -0.2) is 0 Å². The van der Waals surface area contributed by atoms with E-state index in [1.807, 2.05) is 0 Å². The van der Waals surface area contributed by atoms with Crippen molar-refractivity contribution in [1.29, 1.82) is 0 Å². The second-order valence-corrected chi connectivity index (χ2v) is 7.05. The van der Waals surface area contributed by atoms with Gasteiger partial charge in [0.05, 0.1) is 10.8 Å². The highest BCUT2D eigenvalue weighted by Gasteiger charge is 2.35. The van der Waals surface area contributed by atoms with Crippen molar-refractivity contribution in [3.63, 3.8) is 0 Å². The van der Waals surface area contributed by atoms with Gasteiger partial charge in [-0.3, -0.25) is 19.7 Å². The van der Waals surface area contributed by atoms with Crippen LogP contribution in [0.5, 0.6) is 11.5 Å². The quantitative estimate of drug-likeness (QED) is 0.604. The highest BCUT2D eigenvalue weighted by molar-refractivity contribution is 6.32. The van der Waals surface area contributed by atoms with E-state index in [9.17, 15) is 19.7 Å². The molecule has 2 heterocycles. The second kappa shape index (κ2) is 7.59. The van der Waals surface area contributed by atoms with Gasteiger partial charge in [-0.2, -0.15) is 0 Å². The number of rotatable bonds is 4. The van der Waals surface area contributed by atoms with Crippen molar-refractivity contribution in [1.82, 2.24) is 0 Å². The Balaban J connectivity index is 1.47. The molecule has 1 saturated heterocycles. The van der Waals surface area contributed by atoms with E-state index in [1.54, 1.807) is 18.2 Å². The number of hydrogen-bond donors (Lipinski definition) is 1. The van der Waals surface area contributed by atoms with Gasteiger partial charge < -0.3 is 19.7 Å². The number of nitro groups is 1. The van der Waals surface area contributed by atoms with Crippen LogP contribution in [0.4, 0.5) is 17.1 Å². The lowest BCUT2D eigenvalue weighted by Crippen LogP contribution is -2.28. The zero-order chi connectivity index (χ0) is 20.5. The molecule has 0 radical (unpaired) electrons. The van der Waals surface area contributed by atoms with Crippen LogP contribution in [-0.4, -0.2) is 36.5 Å². The molecule has 0 bridgehead atoms. The number of ether oxygens (including phenoxy) is 2. The third-order valence-corrected chi connectivity index (χ3v) is 5.06. The summed E-state index contributed by atoms with van der Waals surface area (Å²) in [6.45, 7) is 1.10. The monoisotopic (exact) mass is 417 g/mol. The Morgan fingerprint density at radius 2 is 1.93 bits per heavy atom. The average Bonchev–Trinajstić information content (AvgIpc) is 3.10. The fourth-order valence-corrected chi connectivity index (χ4v) is 3.49. The Morgan fingerprint density at radius 3 is 2.69 bits per heavy atom. The predicted octanol–water partition coefficient (Wildman–Crippen LogP) is 3.01. The summed E-state index contributed by atoms with van der Waals surface area (Å²) in [5, 5.41) is 13.6. The van der Waals surface area contributed by atoms with Crippen LogP contribution >= 0.6 is 11.6 Å². The first-order valence-electron chi connectivity index (χ1n) is 8.87. The topological polar surface area (TPSA) is 111 Å². The van der Waals surface area contributed by atoms with Crippen LogP contribution in [0.1, 0.15) is 6.42 Å². The van der Waals surface area contributed by atoms with Crippen LogP contribution in [0.2, 0.25) is 5.02 Å². The summed E-state index contributed by atoms with van der Waals surface area (Å²) in [4.78, 5) is 37.0. The maximum atomic E-state index is 12.6. The molecule has 1 N–H and O–H groups in total. The summed E-state index contributed by atoms with van der Waals surface area (Å²) in [6, 6.07) is 9.20. The molecule has 0 aliphatic carbocycles. The number of carbonyl (C=O) groups is 2. The van der Waals surface area contributed by atoms with Crippen molar-refractivity contribution in [2.24, 2.45) is 5.92 Å². The van der Waals surface area contributed by atoms with E-state index < -0.39 is 16.7 Å². The molecule has 1 atom stereocenters. The average molecular weight is 418 g/mol. The standard InChI is InChI=1S/C19H16ClN3O6/c20-14-3-1-12(8-15(14)23(26)27)21-19(25)11-7-18(24)22(10-11)13-2-4-16-17(9-13)29-6-5-28-16/h1-4,8-9,11H,5-7,10H2,(H,21,25). The normalized spacial score (nSPS) is 17.9. The van der Waals surface area contributed by atoms with Crippen LogP contribution in [-0.2, 0) is 9.59 Å². The number of fused-ring (bicyclic) bond motifs is 1. The Kier molecular flexibility index (Phi) is 4.98. The SMILES string of the molecule is O=C(Nc1ccc(Cl)c([N+](=O)[O-])c1)C1CC(=O)N(c2ccc3c(c2)OCCO3)C1. The molecule has 2 aromatic rings. The summed E-state index contributed by atoms with van der Waals surface area (Å²) in [7, 11) is 0. The number of nitro benzene ring substituents is 1. The zero-order valence-electron chi connectivity index (χ0n) is 15.1. The Morgan fingerprint density at radius 1 is 1.17 bits per heavy atom. The first-order valence-corrected chi connectivity index (χ1v) is 9.25. The van der Waals surface area contributed by atoms with E-state index in [-0.39, 0.29) is 35.3 Å². The molecule has 10 heteroatoms. The van der Waals surface area contributed by atoms with Crippen molar-refractivity contribution < 1.29 is 24.0 Å². The maximum Gasteiger partial charge on any atom is 0.289 e. The number of hydrogen-bond acceptors (Lipinski definition) is 6. The van der Waals surface area contributed by atoms with Gasteiger partial charge in [-0.15, -0.1) is 0 Å².